The highest BCUT2D eigenvalue weighted by Crippen LogP contribution is 2.20. The van der Waals surface area contributed by atoms with E-state index in [1.807, 2.05) is 30.3 Å². The standard InChI is InChI=1S/C14H22O2/c1-11(2)7-6-10-13(15)14(16)12-8-4-3-5-9-12/h3-5,8-9,11,13-16H,6-7,10H2,1-2H3. The van der Waals surface area contributed by atoms with Gasteiger partial charge in [0.2, 0.25) is 0 Å². The number of aliphatic hydroxyl groups excluding tert-OH is 2. The number of hydrogen-bond acceptors (Lipinski definition) is 2. The zero-order chi connectivity index (χ0) is 12.0. The number of aliphatic hydroxyl groups is 2. The van der Waals surface area contributed by atoms with Gasteiger partial charge in [0.1, 0.15) is 6.10 Å². The molecule has 0 radical (unpaired) electrons. The third-order valence-electron chi connectivity index (χ3n) is 2.79. The van der Waals surface area contributed by atoms with Gasteiger partial charge in [-0.05, 0) is 17.9 Å². The first kappa shape index (κ1) is 13.2. The molecule has 0 aromatic heterocycles. The SMILES string of the molecule is CC(C)CCCC(O)C(O)c1ccccc1. The van der Waals surface area contributed by atoms with Crippen LogP contribution in [-0.4, -0.2) is 16.3 Å². The minimum atomic E-state index is -0.756. The molecular formula is C14H22O2. The summed E-state index contributed by atoms with van der Waals surface area (Å²) < 4.78 is 0. The van der Waals surface area contributed by atoms with E-state index in [-0.39, 0.29) is 0 Å². The van der Waals surface area contributed by atoms with E-state index in [4.69, 9.17) is 0 Å². The van der Waals surface area contributed by atoms with Crippen molar-refractivity contribution in [1.29, 1.82) is 0 Å². The van der Waals surface area contributed by atoms with E-state index >= 15 is 0 Å². The van der Waals surface area contributed by atoms with Crippen LogP contribution in [0.15, 0.2) is 30.3 Å². The lowest BCUT2D eigenvalue weighted by molar-refractivity contribution is 0.0116. The van der Waals surface area contributed by atoms with Crippen LogP contribution in [0.1, 0.15) is 44.8 Å². The first-order chi connectivity index (χ1) is 7.61. The summed E-state index contributed by atoms with van der Waals surface area (Å²) in [4.78, 5) is 0. The van der Waals surface area contributed by atoms with Crippen LogP contribution in [0.5, 0.6) is 0 Å². The second-order valence-corrected chi connectivity index (χ2v) is 4.75. The Morgan fingerprint density at radius 2 is 1.62 bits per heavy atom. The van der Waals surface area contributed by atoms with Crippen LogP contribution in [0.2, 0.25) is 0 Å². The Kier molecular flexibility index (Phi) is 5.50. The molecular weight excluding hydrogens is 200 g/mol. The van der Waals surface area contributed by atoms with E-state index in [0.29, 0.717) is 12.3 Å². The molecule has 0 amide bonds. The van der Waals surface area contributed by atoms with Crippen molar-refractivity contribution in [2.24, 2.45) is 5.92 Å². The molecule has 1 aromatic rings. The average Bonchev–Trinajstić information content (AvgIpc) is 2.28. The van der Waals surface area contributed by atoms with Crippen molar-refractivity contribution >= 4 is 0 Å². The van der Waals surface area contributed by atoms with E-state index in [0.717, 1.165) is 18.4 Å². The lowest BCUT2D eigenvalue weighted by Gasteiger charge is -2.18. The van der Waals surface area contributed by atoms with E-state index < -0.39 is 12.2 Å². The van der Waals surface area contributed by atoms with Crippen molar-refractivity contribution < 1.29 is 10.2 Å². The van der Waals surface area contributed by atoms with E-state index in [2.05, 4.69) is 13.8 Å². The Labute approximate surface area is 97.9 Å². The molecule has 2 heteroatoms. The van der Waals surface area contributed by atoms with E-state index in [1.54, 1.807) is 0 Å². The predicted octanol–water partition coefficient (Wildman–Crippen LogP) is 2.91. The first-order valence-electron chi connectivity index (χ1n) is 6.02. The zero-order valence-electron chi connectivity index (χ0n) is 10.1. The van der Waals surface area contributed by atoms with Gasteiger partial charge in [0.15, 0.2) is 0 Å². The van der Waals surface area contributed by atoms with E-state index in [9.17, 15) is 10.2 Å². The molecule has 0 bridgehead atoms. The molecule has 0 spiro atoms. The molecule has 1 aromatic carbocycles. The molecule has 2 unspecified atom stereocenters. The van der Waals surface area contributed by atoms with Crippen LogP contribution in [0.25, 0.3) is 0 Å². The summed E-state index contributed by atoms with van der Waals surface area (Å²) in [5.41, 5.74) is 0.791. The smallest absolute Gasteiger partial charge is 0.105 e. The van der Waals surface area contributed by atoms with Crippen molar-refractivity contribution in [2.75, 3.05) is 0 Å². The maximum atomic E-state index is 9.90. The largest absolute Gasteiger partial charge is 0.390 e. The number of hydrogen-bond donors (Lipinski definition) is 2. The minimum absolute atomic E-state index is 0.652. The van der Waals surface area contributed by atoms with Crippen LogP contribution >= 0.6 is 0 Å². The normalized spacial score (nSPS) is 15.1. The molecule has 0 saturated heterocycles. The number of benzene rings is 1. The van der Waals surface area contributed by atoms with Crippen LogP contribution in [0.4, 0.5) is 0 Å². The molecule has 16 heavy (non-hydrogen) atoms. The van der Waals surface area contributed by atoms with Crippen LogP contribution in [0, 0.1) is 5.92 Å². The van der Waals surface area contributed by atoms with Gasteiger partial charge in [0.05, 0.1) is 6.10 Å². The lowest BCUT2D eigenvalue weighted by atomic mass is 9.98. The van der Waals surface area contributed by atoms with Gasteiger partial charge in [-0.25, -0.2) is 0 Å². The third-order valence-corrected chi connectivity index (χ3v) is 2.79. The molecule has 0 aliphatic carbocycles. The quantitative estimate of drug-likeness (QED) is 0.777. The van der Waals surface area contributed by atoms with Crippen molar-refractivity contribution in [3.8, 4) is 0 Å². The predicted molar refractivity (Wildman–Crippen MR) is 66.1 cm³/mol. The molecule has 0 aliphatic heterocycles. The highest BCUT2D eigenvalue weighted by molar-refractivity contribution is 5.18. The second kappa shape index (κ2) is 6.66. The van der Waals surface area contributed by atoms with Gasteiger partial charge in [-0.1, -0.05) is 57.0 Å². The fourth-order valence-electron chi connectivity index (χ4n) is 1.77. The third kappa shape index (κ3) is 4.33. The Bertz CT molecular complexity index is 282. The first-order valence-corrected chi connectivity index (χ1v) is 6.02. The lowest BCUT2D eigenvalue weighted by Crippen LogP contribution is -2.18. The summed E-state index contributed by atoms with van der Waals surface area (Å²) in [5.74, 6) is 0.654. The minimum Gasteiger partial charge on any atom is -0.390 e. The Morgan fingerprint density at radius 1 is 1.00 bits per heavy atom. The Morgan fingerprint density at radius 3 is 2.19 bits per heavy atom. The molecule has 1 rings (SSSR count). The van der Waals surface area contributed by atoms with E-state index in [1.165, 1.54) is 0 Å². The van der Waals surface area contributed by atoms with Crippen LogP contribution < -0.4 is 0 Å². The number of rotatable bonds is 6. The molecule has 2 atom stereocenters. The highest BCUT2D eigenvalue weighted by atomic mass is 16.3. The van der Waals surface area contributed by atoms with Gasteiger partial charge >= 0.3 is 0 Å². The summed E-state index contributed by atoms with van der Waals surface area (Å²) in [6.45, 7) is 4.33. The van der Waals surface area contributed by atoms with Gasteiger partial charge < -0.3 is 10.2 Å². The van der Waals surface area contributed by atoms with Gasteiger partial charge in [0, 0.05) is 0 Å². The average molecular weight is 222 g/mol. The summed E-state index contributed by atoms with van der Waals surface area (Å²) in [6.07, 6.45) is 1.31. The summed E-state index contributed by atoms with van der Waals surface area (Å²) in [6, 6.07) is 9.34. The van der Waals surface area contributed by atoms with Gasteiger partial charge in [-0.3, -0.25) is 0 Å². The van der Waals surface area contributed by atoms with Gasteiger partial charge in [0.25, 0.3) is 0 Å². The zero-order valence-corrected chi connectivity index (χ0v) is 10.1. The molecule has 0 saturated carbocycles. The Hall–Kier alpha value is -0.860. The molecule has 2 N–H and O–H groups in total. The van der Waals surface area contributed by atoms with Gasteiger partial charge in [-0.15, -0.1) is 0 Å². The fourth-order valence-corrected chi connectivity index (χ4v) is 1.77. The molecule has 90 valence electrons. The molecule has 0 aliphatic rings. The molecule has 0 heterocycles. The van der Waals surface area contributed by atoms with Crippen molar-refractivity contribution in [1.82, 2.24) is 0 Å². The maximum Gasteiger partial charge on any atom is 0.105 e. The van der Waals surface area contributed by atoms with Crippen molar-refractivity contribution in [3.63, 3.8) is 0 Å². The summed E-state index contributed by atoms with van der Waals surface area (Å²) in [7, 11) is 0. The monoisotopic (exact) mass is 222 g/mol. The highest BCUT2D eigenvalue weighted by Gasteiger charge is 2.17. The van der Waals surface area contributed by atoms with Crippen molar-refractivity contribution in [3.05, 3.63) is 35.9 Å². The fraction of sp³-hybridized carbons (Fsp3) is 0.571. The van der Waals surface area contributed by atoms with Crippen LogP contribution in [0.3, 0.4) is 0 Å². The molecule has 2 nitrogen and oxygen atoms in total. The van der Waals surface area contributed by atoms with Gasteiger partial charge in [-0.2, -0.15) is 0 Å². The summed E-state index contributed by atoms with van der Waals surface area (Å²) in [5, 5.41) is 19.7. The topological polar surface area (TPSA) is 40.5 Å². The molecule has 0 fully saturated rings. The van der Waals surface area contributed by atoms with Crippen molar-refractivity contribution in [2.45, 2.75) is 45.3 Å². The maximum absolute atomic E-state index is 9.90. The van der Waals surface area contributed by atoms with Crippen LogP contribution in [-0.2, 0) is 0 Å². The second-order valence-electron chi connectivity index (χ2n) is 4.75. The Balaban J connectivity index is 2.39. The summed E-state index contributed by atoms with van der Waals surface area (Å²) >= 11 is 0.